The third kappa shape index (κ3) is 5.81. The summed E-state index contributed by atoms with van der Waals surface area (Å²) in [7, 11) is 0. The molecule has 0 unspecified atom stereocenters. The number of nitrogens with one attached hydrogen (secondary N) is 1. The van der Waals surface area contributed by atoms with Crippen molar-refractivity contribution in [2.75, 3.05) is 26.2 Å². The number of benzene rings is 1. The first-order chi connectivity index (χ1) is 13.2. The highest BCUT2D eigenvalue weighted by molar-refractivity contribution is 5.83. The van der Waals surface area contributed by atoms with Gasteiger partial charge in [0.15, 0.2) is 0 Å². The molecule has 2 amide bonds. The topological polar surface area (TPSA) is 71.5 Å². The summed E-state index contributed by atoms with van der Waals surface area (Å²) in [5.41, 5.74) is 1.20. The Bertz CT molecular complexity index is 737. The van der Waals surface area contributed by atoms with Gasteiger partial charge < -0.3 is 15.0 Å². The fraction of sp³-hybridized carbons (Fsp3) is 0.381. The van der Waals surface area contributed by atoms with Crippen molar-refractivity contribution in [1.29, 1.82) is 0 Å². The lowest BCUT2D eigenvalue weighted by atomic mass is 9.96. The van der Waals surface area contributed by atoms with E-state index in [1.165, 1.54) is 5.56 Å². The summed E-state index contributed by atoms with van der Waals surface area (Å²) in [5, 5.41) is 2.91. The summed E-state index contributed by atoms with van der Waals surface area (Å²) in [6.07, 6.45) is 5.16. The van der Waals surface area contributed by atoms with E-state index in [0.29, 0.717) is 44.8 Å². The number of carbonyl (C=O) groups excluding carboxylic acids is 2. The molecule has 0 aliphatic carbocycles. The number of carbonyl (C=O) groups is 2. The molecule has 142 valence electrons. The van der Waals surface area contributed by atoms with Crippen LogP contribution in [-0.2, 0) is 16.0 Å². The summed E-state index contributed by atoms with van der Waals surface area (Å²) in [6.45, 7) is 1.96. The SMILES string of the molecule is O=C(NCCOc1cccnc1)[C@@H]1CCC(=O)N(CCc2ccccc2)C1. The molecule has 27 heavy (non-hydrogen) atoms. The lowest BCUT2D eigenvalue weighted by Crippen LogP contribution is -2.46. The monoisotopic (exact) mass is 367 g/mol. The predicted octanol–water partition coefficient (Wildman–Crippen LogP) is 2.06. The molecule has 1 N–H and O–H groups in total. The minimum Gasteiger partial charge on any atom is -0.490 e. The number of amides is 2. The third-order valence-electron chi connectivity index (χ3n) is 4.69. The zero-order valence-electron chi connectivity index (χ0n) is 15.3. The third-order valence-corrected chi connectivity index (χ3v) is 4.69. The first-order valence-corrected chi connectivity index (χ1v) is 9.34. The van der Waals surface area contributed by atoms with Gasteiger partial charge in [0.25, 0.3) is 0 Å². The van der Waals surface area contributed by atoms with Crippen molar-refractivity contribution in [2.24, 2.45) is 5.92 Å². The summed E-state index contributed by atoms with van der Waals surface area (Å²) < 4.78 is 5.53. The Morgan fingerprint density at radius 2 is 2.07 bits per heavy atom. The zero-order valence-corrected chi connectivity index (χ0v) is 15.3. The van der Waals surface area contributed by atoms with Crippen molar-refractivity contribution >= 4 is 11.8 Å². The number of aromatic nitrogens is 1. The Kier molecular flexibility index (Phi) is 6.79. The van der Waals surface area contributed by atoms with E-state index < -0.39 is 0 Å². The largest absolute Gasteiger partial charge is 0.490 e. The molecule has 1 aliphatic heterocycles. The molecular weight excluding hydrogens is 342 g/mol. The summed E-state index contributed by atoms with van der Waals surface area (Å²) in [4.78, 5) is 30.4. The van der Waals surface area contributed by atoms with Gasteiger partial charge in [-0.15, -0.1) is 0 Å². The molecule has 1 aromatic carbocycles. The zero-order chi connectivity index (χ0) is 18.9. The molecule has 6 heteroatoms. The molecule has 3 rings (SSSR count). The Balaban J connectivity index is 1.41. The van der Waals surface area contributed by atoms with Crippen LogP contribution in [0.5, 0.6) is 5.75 Å². The van der Waals surface area contributed by atoms with E-state index in [4.69, 9.17) is 4.74 Å². The second kappa shape index (κ2) is 9.71. The maximum Gasteiger partial charge on any atom is 0.225 e. The van der Waals surface area contributed by atoms with Crippen LogP contribution in [0.2, 0.25) is 0 Å². The molecule has 0 spiro atoms. The number of likely N-dealkylation sites (tertiary alicyclic amines) is 1. The molecule has 1 atom stereocenters. The molecule has 2 aromatic rings. The maximum atomic E-state index is 12.4. The van der Waals surface area contributed by atoms with Gasteiger partial charge in [0.2, 0.25) is 11.8 Å². The van der Waals surface area contributed by atoms with Crippen molar-refractivity contribution in [3.8, 4) is 5.75 Å². The van der Waals surface area contributed by atoms with Crippen LogP contribution in [0.25, 0.3) is 0 Å². The van der Waals surface area contributed by atoms with Crippen molar-refractivity contribution in [3.05, 3.63) is 60.4 Å². The van der Waals surface area contributed by atoms with E-state index in [-0.39, 0.29) is 17.7 Å². The summed E-state index contributed by atoms with van der Waals surface area (Å²) in [5.74, 6) is 0.649. The summed E-state index contributed by atoms with van der Waals surface area (Å²) in [6, 6.07) is 13.7. The first-order valence-electron chi connectivity index (χ1n) is 9.34. The molecule has 1 aromatic heterocycles. The first kappa shape index (κ1) is 18.9. The van der Waals surface area contributed by atoms with Crippen LogP contribution in [0.4, 0.5) is 0 Å². The average Bonchev–Trinajstić information content (AvgIpc) is 2.72. The quantitative estimate of drug-likeness (QED) is 0.725. The van der Waals surface area contributed by atoms with Crippen LogP contribution in [0.1, 0.15) is 18.4 Å². The molecule has 0 bridgehead atoms. The van der Waals surface area contributed by atoms with E-state index >= 15 is 0 Å². The van der Waals surface area contributed by atoms with Gasteiger partial charge in [-0.25, -0.2) is 0 Å². The molecule has 1 aliphatic rings. The Morgan fingerprint density at radius 3 is 2.85 bits per heavy atom. The smallest absolute Gasteiger partial charge is 0.225 e. The van der Waals surface area contributed by atoms with E-state index in [1.54, 1.807) is 18.5 Å². The van der Waals surface area contributed by atoms with E-state index in [1.807, 2.05) is 29.2 Å². The van der Waals surface area contributed by atoms with Gasteiger partial charge in [-0.05, 0) is 30.5 Å². The van der Waals surface area contributed by atoms with Crippen LogP contribution in [0, 0.1) is 5.92 Å². The van der Waals surface area contributed by atoms with Gasteiger partial charge in [-0.3, -0.25) is 14.6 Å². The van der Waals surface area contributed by atoms with Gasteiger partial charge in [0.05, 0.1) is 18.7 Å². The standard InChI is InChI=1S/C21H25N3O3/c25-20-9-8-18(16-24(20)13-10-17-5-2-1-3-6-17)21(26)23-12-14-27-19-7-4-11-22-15-19/h1-7,11,15,18H,8-10,12-14,16H2,(H,23,26)/t18-/m1/s1. The normalized spacial score (nSPS) is 16.8. The van der Waals surface area contributed by atoms with E-state index in [2.05, 4.69) is 22.4 Å². The minimum atomic E-state index is -0.156. The highest BCUT2D eigenvalue weighted by atomic mass is 16.5. The molecule has 2 heterocycles. The second-order valence-electron chi connectivity index (χ2n) is 6.64. The van der Waals surface area contributed by atoms with E-state index in [9.17, 15) is 9.59 Å². The number of hydrogen-bond acceptors (Lipinski definition) is 4. The molecule has 0 saturated carbocycles. The van der Waals surface area contributed by atoms with Gasteiger partial charge in [-0.2, -0.15) is 0 Å². The number of pyridine rings is 1. The predicted molar refractivity (Wildman–Crippen MR) is 102 cm³/mol. The Labute approximate surface area is 159 Å². The lowest BCUT2D eigenvalue weighted by Gasteiger charge is -2.32. The number of hydrogen-bond donors (Lipinski definition) is 1. The molecule has 0 radical (unpaired) electrons. The fourth-order valence-corrected chi connectivity index (χ4v) is 3.17. The minimum absolute atomic E-state index is 0.0120. The Morgan fingerprint density at radius 1 is 1.22 bits per heavy atom. The summed E-state index contributed by atoms with van der Waals surface area (Å²) >= 11 is 0. The number of piperidine rings is 1. The van der Waals surface area contributed by atoms with Crippen molar-refractivity contribution < 1.29 is 14.3 Å². The van der Waals surface area contributed by atoms with Gasteiger partial charge in [0, 0.05) is 25.7 Å². The van der Waals surface area contributed by atoms with Crippen molar-refractivity contribution in [1.82, 2.24) is 15.2 Å². The lowest BCUT2D eigenvalue weighted by molar-refractivity contribution is -0.138. The van der Waals surface area contributed by atoms with Crippen LogP contribution in [-0.4, -0.2) is 47.9 Å². The van der Waals surface area contributed by atoms with Crippen molar-refractivity contribution in [2.45, 2.75) is 19.3 Å². The molecule has 1 saturated heterocycles. The van der Waals surface area contributed by atoms with Gasteiger partial charge >= 0.3 is 0 Å². The van der Waals surface area contributed by atoms with Gasteiger partial charge in [-0.1, -0.05) is 30.3 Å². The number of rotatable bonds is 8. The van der Waals surface area contributed by atoms with Crippen LogP contribution in [0.15, 0.2) is 54.9 Å². The maximum absolute atomic E-state index is 12.4. The number of nitrogens with zero attached hydrogens (tertiary/aromatic N) is 2. The Hall–Kier alpha value is -2.89. The molecular formula is C21H25N3O3. The highest BCUT2D eigenvalue weighted by Crippen LogP contribution is 2.18. The van der Waals surface area contributed by atoms with Crippen LogP contribution in [0.3, 0.4) is 0 Å². The average molecular weight is 367 g/mol. The highest BCUT2D eigenvalue weighted by Gasteiger charge is 2.29. The molecule has 6 nitrogen and oxygen atoms in total. The fourth-order valence-electron chi connectivity index (χ4n) is 3.17. The van der Waals surface area contributed by atoms with E-state index in [0.717, 1.165) is 6.42 Å². The van der Waals surface area contributed by atoms with Crippen LogP contribution >= 0.6 is 0 Å². The van der Waals surface area contributed by atoms with Crippen LogP contribution < -0.4 is 10.1 Å². The van der Waals surface area contributed by atoms with Gasteiger partial charge in [0.1, 0.15) is 12.4 Å². The van der Waals surface area contributed by atoms with Crippen molar-refractivity contribution in [3.63, 3.8) is 0 Å². The number of ether oxygens (including phenoxy) is 1. The molecule has 1 fully saturated rings. The second-order valence-corrected chi connectivity index (χ2v) is 6.64.